The molecule has 2 heterocycles. The molecule has 1 saturated heterocycles. The van der Waals surface area contributed by atoms with Gasteiger partial charge >= 0.3 is 0 Å². The van der Waals surface area contributed by atoms with E-state index in [1.165, 1.54) is 24.6 Å². The Morgan fingerprint density at radius 2 is 1.78 bits per heavy atom. The SMILES string of the molecule is CC(=O)/C(N)=C/N(N)c1cc(NC(=O)c2cc(C)cc(N3CCSCC3)c2)cnc1C.CCC(C)(C)C. The van der Waals surface area contributed by atoms with Crippen LogP contribution in [0.2, 0.25) is 0 Å². The van der Waals surface area contributed by atoms with Crippen LogP contribution in [0.1, 0.15) is 62.7 Å². The molecule has 37 heavy (non-hydrogen) atoms. The van der Waals surface area contributed by atoms with Crippen LogP contribution in [0.5, 0.6) is 0 Å². The zero-order chi connectivity index (χ0) is 27.8. The van der Waals surface area contributed by atoms with Gasteiger partial charge in [0.05, 0.1) is 29.0 Å². The second-order valence-electron chi connectivity index (χ2n) is 10.4. The van der Waals surface area contributed by atoms with E-state index in [2.05, 4.69) is 49.0 Å². The third-order valence-corrected chi connectivity index (χ3v) is 6.98. The van der Waals surface area contributed by atoms with E-state index in [9.17, 15) is 9.59 Å². The van der Waals surface area contributed by atoms with E-state index in [1.54, 1.807) is 19.2 Å². The number of carbonyl (C=O) groups is 2. The van der Waals surface area contributed by atoms with Gasteiger partial charge in [-0.1, -0.05) is 34.1 Å². The lowest BCUT2D eigenvalue weighted by molar-refractivity contribution is -0.113. The van der Waals surface area contributed by atoms with Gasteiger partial charge in [0.15, 0.2) is 5.78 Å². The maximum Gasteiger partial charge on any atom is 0.255 e. The number of allylic oxidation sites excluding steroid dienone is 1. The Bertz CT molecular complexity index is 1120. The van der Waals surface area contributed by atoms with E-state index in [0.29, 0.717) is 28.0 Å². The van der Waals surface area contributed by atoms with Crippen LogP contribution in [-0.2, 0) is 4.79 Å². The van der Waals surface area contributed by atoms with Gasteiger partial charge in [0.1, 0.15) is 0 Å². The first-order valence-electron chi connectivity index (χ1n) is 12.5. The molecule has 0 atom stereocenters. The Labute approximate surface area is 225 Å². The fourth-order valence-corrected chi connectivity index (χ4v) is 4.17. The number of ketones is 1. The number of nitrogens with two attached hydrogens (primary N) is 2. The maximum absolute atomic E-state index is 13.0. The second-order valence-corrected chi connectivity index (χ2v) is 11.6. The summed E-state index contributed by atoms with van der Waals surface area (Å²) < 4.78 is 0. The minimum absolute atomic E-state index is 0.0275. The molecule has 0 spiro atoms. The first-order chi connectivity index (χ1) is 17.3. The summed E-state index contributed by atoms with van der Waals surface area (Å²) in [5, 5.41) is 4.12. The first-order valence-corrected chi connectivity index (χ1v) is 13.7. The van der Waals surface area contributed by atoms with Gasteiger partial charge in [0, 0.05) is 49.0 Å². The minimum Gasteiger partial charge on any atom is -0.395 e. The van der Waals surface area contributed by atoms with E-state index in [1.807, 2.05) is 30.8 Å². The predicted octanol–water partition coefficient (Wildman–Crippen LogP) is 5.02. The highest BCUT2D eigenvalue weighted by molar-refractivity contribution is 7.99. The average molecular weight is 527 g/mol. The van der Waals surface area contributed by atoms with Gasteiger partial charge in [0.2, 0.25) is 0 Å². The number of anilines is 3. The van der Waals surface area contributed by atoms with Crippen LogP contribution in [0.3, 0.4) is 0 Å². The van der Waals surface area contributed by atoms with Crippen molar-refractivity contribution in [1.82, 2.24) is 4.98 Å². The average Bonchev–Trinajstić information content (AvgIpc) is 2.85. The summed E-state index contributed by atoms with van der Waals surface area (Å²) in [5.74, 6) is 7.70. The topological polar surface area (TPSA) is 118 Å². The number of thioether (sulfide) groups is 1. The molecule has 1 amide bonds. The van der Waals surface area contributed by atoms with Crippen molar-refractivity contribution < 1.29 is 9.59 Å². The highest BCUT2D eigenvalue weighted by Gasteiger charge is 2.16. The molecule has 0 saturated carbocycles. The molecule has 1 fully saturated rings. The van der Waals surface area contributed by atoms with Crippen LogP contribution in [0.25, 0.3) is 0 Å². The van der Waals surface area contributed by atoms with E-state index < -0.39 is 0 Å². The standard InChI is InChI=1S/C22H28N6O2S.C6H14/c1-14-8-17(10-19(9-14)27-4-6-31-7-5-27)22(30)26-18-11-21(15(2)25-12-18)28(24)13-20(23)16(3)29;1-5-6(2,3)4/h8-13H,4-7,23-24H2,1-3H3,(H,26,30);5H2,1-4H3/b20-13-;. The first kappa shape index (κ1) is 30.2. The number of hydrogen-bond acceptors (Lipinski definition) is 8. The van der Waals surface area contributed by atoms with Crippen LogP contribution >= 0.6 is 11.8 Å². The van der Waals surface area contributed by atoms with E-state index in [0.717, 1.165) is 35.8 Å². The zero-order valence-electron chi connectivity index (χ0n) is 23.2. The van der Waals surface area contributed by atoms with Crippen LogP contribution in [0.15, 0.2) is 42.4 Å². The zero-order valence-corrected chi connectivity index (χ0v) is 24.0. The smallest absolute Gasteiger partial charge is 0.255 e. The number of nitrogens with one attached hydrogen (secondary N) is 1. The summed E-state index contributed by atoms with van der Waals surface area (Å²) in [5.41, 5.74) is 10.6. The number of hydrazine groups is 1. The number of aromatic nitrogens is 1. The molecule has 1 aliphatic heterocycles. The number of pyridine rings is 1. The third kappa shape index (κ3) is 9.74. The molecule has 9 heteroatoms. The molecular formula is C28H42N6O2S. The van der Waals surface area contributed by atoms with Gasteiger partial charge < -0.3 is 16.0 Å². The van der Waals surface area contributed by atoms with Crippen LogP contribution in [-0.4, -0.2) is 41.3 Å². The molecule has 0 radical (unpaired) electrons. The summed E-state index contributed by atoms with van der Waals surface area (Å²) in [6.45, 7) is 16.0. The van der Waals surface area contributed by atoms with Crippen molar-refractivity contribution >= 4 is 40.5 Å². The van der Waals surface area contributed by atoms with Crippen molar-refractivity contribution in [2.75, 3.05) is 39.8 Å². The molecule has 8 nitrogen and oxygen atoms in total. The largest absolute Gasteiger partial charge is 0.395 e. The van der Waals surface area contributed by atoms with Gasteiger partial charge in [-0.15, -0.1) is 0 Å². The Balaban J connectivity index is 0.000000717. The van der Waals surface area contributed by atoms with E-state index in [-0.39, 0.29) is 17.4 Å². The van der Waals surface area contributed by atoms with Gasteiger partial charge in [-0.05, 0) is 49.1 Å². The van der Waals surface area contributed by atoms with Crippen molar-refractivity contribution in [1.29, 1.82) is 0 Å². The predicted molar refractivity (Wildman–Crippen MR) is 157 cm³/mol. The van der Waals surface area contributed by atoms with Crippen LogP contribution in [0, 0.1) is 19.3 Å². The molecule has 1 aromatic heterocycles. The van der Waals surface area contributed by atoms with Gasteiger partial charge in [-0.25, -0.2) is 5.84 Å². The lowest BCUT2D eigenvalue weighted by Crippen LogP contribution is -2.32. The van der Waals surface area contributed by atoms with Crippen molar-refractivity contribution in [3.63, 3.8) is 0 Å². The van der Waals surface area contributed by atoms with Crippen LogP contribution in [0.4, 0.5) is 17.1 Å². The summed E-state index contributed by atoms with van der Waals surface area (Å²) in [6, 6.07) is 7.59. The van der Waals surface area contributed by atoms with Crippen LogP contribution < -0.4 is 26.8 Å². The van der Waals surface area contributed by atoms with Gasteiger partial charge in [-0.3, -0.25) is 19.6 Å². The van der Waals surface area contributed by atoms with E-state index in [4.69, 9.17) is 11.6 Å². The highest BCUT2D eigenvalue weighted by Crippen LogP contribution is 2.25. The normalized spacial score (nSPS) is 13.9. The number of Topliss-reactive ketones (excluding diaryl/α,β-unsaturated/α-hetero) is 1. The lowest BCUT2D eigenvalue weighted by Gasteiger charge is -2.29. The fourth-order valence-electron chi connectivity index (χ4n) is 3.26. The Kier molecular flexibility index (Phi) is 11.0. The number of hydrogen-bond donors (Lipinski definition) is 3. The molecule has 3 rings (SSSR count). The molecule has 0 aliphatic carbocycles. The minimum atomic E-state index is -0.284. The lowest BCUT2D eigenvalue weighted by atomic mass is 9.94. The number of carbonyl (C=O) groups excluding carboxylic acids is 2. The molecule has 0 unspecified atom stereocenters. The number of rotatable bonds is 6. The summed E-state index contributed by atoms with van der Waals surface area (Å²) in [4.78, 5) is 30.9. The second kappa shape index (κ2) is 13.5. The number of amides is 1. The maximum atomic E-state index is 13.0. The van der Waals surface area contributed by atoms with E-state index >= 15 is 0 Å². The van der Waals surface area contributed by atoms with Gasteiger partial charge in [0.25, 0.3) is 5.91 Å². The molecule has 5 N–H and O–H groups in total. The number of aryl methyl sites for hydroxylation is 2. The summed E-state index contributed by atoms with van der Waals surface area (Å²) in [6.07, 6.45) is 4.18. The molecule has 1 aliphatic rings. The third-order valence-electron chi connectivity index (χ3n) is 6.04. The summed E-state index contributed by atoms with van der Waals surface area (Å²) >= 11 is 1.95. The highest BCUT2D eigenvalue weighted by atomic mass is 32.2. The monoisotopic (exact) mass is 526 g/mol. The summed E-state index contributed by atoms with van der Waals surface area (Å²) in [7, 11) is 0. The van der Waals surface area contributed by atoms with Gasteiger partial charge in [-0.2, -0.15) is 11.8 Å². The number of nitrogens with zero attached hydrogens (tertiary/aromatic N) is 3. The molecule has 0 bridgehead atoms. The fraction of sp³-hybridized carbons (Fsp3) is 0.464. The van der Waals surface area contributed by atoms with Crippen molar-refractivity contribution in [3.05, 3.63) is 59.2 Å². The van der Waals surface area contributed by atoms with Crippen molar-refractivity contribution in [3.8, 4) is 0 Å². The van der Waals surface area contributed by atoms with Crippen molar-refractivity contribution in [2.45, 2.75) is 54.9 Å². The molecular weight excluding hydrogens is 484 g/mol. The Morgan fingerprint density at radius 3 is 2.35 bits per heavy atom. The quantitative estimate of drug-likeness (QED) is 0.273. The Hall–Kier alpha value is -3.04. The molecule has 1 aromatic carbocycles. The number of benzene rings is 1. The molecule has 2 aromatic rings. The molecule has 202 valence electrons. The Morgan fingerprint density at radius 1 is 1.16 bits per heavy atom. The van der Waals surface area contributed by atoms with Crippen molar-refractivity contribution in [2.24, 2.45) is 17.0 Å².